The fraction of sp³-hybridized carbons (Fsp3) is 0.360. The van der Waals surface area contributed by atoms with Gasteiger partial charge in [0.05, 0.1) is 20.8 Å². The summed E-state index contributed by atoms with van der Waals surface area (Å²) in [5, 5.41) is 4.97. The van der Waals surface area contributed by atoms with Crippen LogP contribution >= 0.6 is 11.3 Å². The largest absolute Gasteiger partial charge is 0.496 e. The van der Waals surface area contributed by atoms with Crippen LogP contribution in [0.25, 0.3) is 0 Å². The molecule has 0 aliphatic carbocycles. The lowest BCUT2D eigenvalue weighted by molar-refractivity contribution is 0.0946. The molecule has 0 unspecified atom stereocenters. The number of methoxy groups -OCH3 is 2. The van der Waals surface area contributed by atoms with Crippen molar-refractivity contribution in [2.24, 2.45) is 0 Å². The van der Waals surface area contributed by atoms with Crippen molar-refractivity contribution in [3.8, 4) is 11.5 Å². The number of nitrogens with zero attached hydrogens (tertiary/aromatic N) is 2. The lowest BCUT2D eigenvalue weighted by Gasteiger charge is -2.20. The first-order chi connectivity index (χ1) is 16.0. The Morgan fingerprint density at radius 1 is 1.09 bits per heavy atom. The van der Waals surface area contributed by atoms with Crippen molar-refractivity contribution in [3.05, 3.63) is 79.4 Å². The summed E-state index contributed by atoms with van der Waals surface area (Å²) in [7, 11) is 3.17. The van der Waals surface area contributed by atoms with Gasteiger partial charge in [0.25, 0.3) is 11.5 Å². The molecule has 4 rings (SSSR count). The van der Waals surface area contributed by atoms with Crippen molar-refractivity contribution in [1.29, 1.82) is 0 Å². The van der Waals surface area contributed by atoms with Crippen molar-refractivity contribution in [1.82, 2.24) is 14.8 Å². The number of carbonyl (C=O) groups excluding carboxylic acids is 1. The van der Waals surface area contributed by atoms with E-state index in [0.717, 1.165) is 41.5 Å². The predicted molar refractivity (Wildman–Crippen MR) is 129 cm³/mol. The average molecular weight is 468 g/mol. The number of nitrogens with one attached hydrogen (secondary N) is 1. The zero-order valence-corrected chi connectivity index (χ0v) is 20.0. The Bertz CT molecular complexity index is 1190. The van der Waals surface area contributed by atoms with E-state index in [1.54, 1.807) is 23.0 Å². The average Bonchev–Trinajstić information content (AvgIpc) is 3.25. The number of thiophene rings is 1. The van der Waals surface area contributed by atoms with Crippen LogP contribution in [0.2, 0.25) is 0 Å². The van der Waals surface area contributed by atoms with Crippen LogP contribution < -0.4 is 20.3 Å². The van der Waals surface area contributed by atoms with Gasteiger partial charge < -0.3 is 19.4 Å². The molecule has 0 spiro atoms. The molecule has 0 radical (unpaired) electrons. The van der Waals surface area contributed by atoms with Crippen molar-refractivity contribution >= 4 is 17.2 Å². The lowest BCUT2D eigenvalue weighted by atomic mass is 10.1. The van der Waals surface area contributed by atoms with E-state index in [9.17, 15) is 9.59 Å². The Morgan fingerprint density at radius 2 is 1.91 bits per heavy atom. The van der Waals surface area contributed by atoms with Crippen molar-refractivity contribution in [2.75, 3.05) is 27.3 Å². The molecule has 1 amide bonds. The molecule has 1 N–H and O–H groups in total. The fourth-order valence-corrected chi connectivity index (χ4v) is 4.97. The molecule has 0 saturated heterocycles. The van der Waals surface area contributed by atoms with Gasteiger partial charge in [-0.15, -0.1) is 11.3 Å². The van der Waals surface area contributed by atoms with E-state index in [0.29, 0.717) is 30.8 Å². The summed E-state index contributed by atoms with van der Waals surface area (Å²) in [5.74, 6) is 0.983. The van der Waals surface area contributed by atoms with E-state index >= 15 is 0 Å². The van der Waals surface area contributed by atoms with Crippen LogP contribution in [0.15, 0.2) is 46.6 Å². The highest BCUT2D eigenvalue weighted by Gasteiger charge is 2.25. The summed E-state index contributed by atoms with van der Waals surface area (Å²) in [4.78, 5) is 29.4. The zero-order chi connectivity index (χ0) is 23.4. The number of aryl methyl sites for hydroxylation is 1. The van der Waals surface area contributed by atoms with Gasteiger partial charge in [0.15, 0.2) is 0 Å². The molecule has 3 heterocycles. The van der Waals surface area contributed by atoms with E-state index in [1.807, 2.05) is 30.5 Å². The summed E-state index contributed by atoms with van der Waals surface area (Å²) in [5.41, 5.74) is 3.34. The van der Waals surface area contributed by atoms with Gasteiger partial charge in [0.1, 0.15) is 17.1 Å². The van der Waals surface area contributed by atoms with E-state index in [4.69, 9.17) is 9.47 Å². The minimum Gasteiger partial charge on any atom is -0.496 e. The molecule has 1 aromatic carbocycles. The summed E-state index contributed by atoms with van der Waals surface area (Å²) in [6, 6.07) is 11.6. The molecule has 1 aliphatic heterocycles. The first-order valence-electron chi connectivity index (χ1n) is 11.0. The molecule has 7 nitrogen and oxygen atoms in total. The Balaban J connectivity index is 1.56. The van der Waals surface area contributed by atoms with Crippen LogP contribution in [0.1, 0.15) is 32.1 Å². The van der Waals surface area contributed by atoms with E-state index in [2.05, 4.69) is 22.3 Å². The molecule has 0 bridgehead atoms. The third-order valence-corrected chi connectivity index (χ3v) is 6.88. The molecule has 33 heavy (non-hydrogen) atoms. The number of ether oxygens (including phenoxy) is 2. The first kappa shape index (κ1) is 23.1. The molecule has 0 atom stereocenters. The fourth-order valence-electron chi connectivity index (χ4n) is 4.32. The lowest BCUT2D eigenvalue weighted by Crippen LogP contribution is -2.31. The van der Waals surface area contributed by atoms with Crippen molar-refractivity contribution in [3.63, 3.8) is 0 Å². The minimum absolute atomic E-state index is 0.140. The van der Waals surface area contributed by atoms with Gasteiger partial charge in [-0.05, 0) is 35.6 Å². The zero-order valence-electron chi connectivity index (χ0n) is 19.2. The number of pyridine rings is 1. The summed E-state index contributed by atoms with van der Waals surface area (Å²) in [6.45, 7) is 5.24. The van der Waals surface area contributed by atoms with Crippen molar-refractivity contribution < 1.29 is 14.3 Å². The van der Waals surface area contributed by atoms with Crippen LogP contribution in [0.3, 0.4) is 0 Å². The second kappa shape index (κ2) is 10.2. The number of aromatic nitrogens is 1. The SMILES string of the molecule is COc1ccc(CN2CCc3c(C(=O)NCc4cccs4)c(OC)cc(=O)n3CC2)cc1C. The number of fused-ring (bicyclic) bond motifs is 1. The smallest absolute Gasteiger partial charge is 0.257 e. The normalized spacial score (nSPS) is 13.8. The highest BCUT2D eigenvalue weighted by molar-refractivity contribution is 7.09. The molecular weight excluding hydrogens is 438 g/mol. The molecule has 0 fully saturated rings. The number of carbonyl (C=O) groups is 1. The molecular formula is C25H29N3O4S. The second-order valence-electron chi connectivity index (χ2n) is 8.12. The van der Waals surface area contributed by atoms with Crippen LogP contribution in [-0.2, 0) is 26.1 Å². The first-order valence-corrected chi connectivity index (χ1v) is 11.8. The molecule has 174 valence electrons. The van der Waals surface area contributed by atoms with Crippen LogP contribution in [0.5, 0.6) is 11.5 Å². The molecule has 8 heteroatoms. The number of hydrogen-bond acceptors (Lipinski definition) is 6. The molecule has 1 aliphatic rings. The van der Waals surface area contributed by atoms with Crippen LogP contribution in [0.4, 0.5) is 0 Å². The van der Waals surface area contributed by atoms with E-state index < -0.39 is 0 Å². The number of benzene rings is 1. The van der Waals surface area contributed by atoms with Crippen LogP contribution in [-0.4, -0.2) is 42.7 Å². The standard InChI is InChI=1S/C25H29N3O4S/c1-17-13-18(6-7-21(17)31-2)16-27-9-8-20-24(25(30)26-15-19-5-4-12-33-19)22(32-3)14-23(29)28(20)11-10-27/h4-7,12-14H,8-11,15-16H2,1-3H3,(H,26,30). The number of amides is 1. The topological polar surface area (TPSA) is 72.8 Å². The van der Waals surface area contributed by atoms with Gasteiger partial charge in [-0.2, -0.15) is 0 Å². The maximum absolute atomic E-state index is 13.2. The number of rotatable bonds is 7. The molecule has 2 aromatic heterocycles. The third kappa shape index (κ3) is 5.12. The summed E-state index contributed by atoms with van der Waals surface area (Å²) >= 11 is 1.59. The molecule has 0 saturated carbocycles. The highest BCUT2D eigenvalue weighted by Crippen LogP contribution is 2.24. The third-order valence-electron chi connectivity index (χ3n) is 6.00. The quantitative estimate of drug-likeness (QED) is 0.578. The highest BCUT2D eigenvalue weighted by atomic mass is 32.1. The van der Waals surface area contributed by atoms with Gasteiger partial charge in [0, 0.05) is 49.2 Å². The molecule has 3 aromatic rings. The van der Waals surface area contributed by atoms with E-state index in [-0.39, 0.29) is 11.5 Å². The monoisotopic (exact) mass is 467 g/mol. The van der Waals surface area contributed by atoms with Gasteiger partial charge in [-0.1, -0.05) is 18.2 Å². The maximum atomic E-state index is 13.2. The minimum atomic E-state index is -0.219. The Morgan fingerprint density at radius 3 is 2.61 bits per heavy atom. The summed E-state index contributed by atoms with van der Waals surface area (Å²) < 4.78 is 12.5. The van der Waals surface area contributed by atoms with Crippen LogP contribution in [0, 0.1) is 6.92 Å². The van der Waals surface area contributed by atoms with Crippen molar-refractivity contribution in [2.45, 2.75) is 33.0 Å². The van der Waals surface area contributed by atoms with Gasteiger partial charge in [0.2, 0.25) is 0 Å². The maximum Gasteiger partial charge on any atom is 0.257 e. The Labute approximate surface area is 197 Å². The summed E-state index contributed by atoms with van der Waals surface area (Å²) in [6.07, 6.45) is 0.587. The Hall–Kier alpha value is -3.10. The second-order valence-corrected chi connectivity index (χ2v) is 9.15. The van der Waals surface area contributed by atoms with Gasteiger partial charge >= 0.3 is 0 Å². The predicted octanol–water partition coefficient (Wildman–Crippen LogP) is 3.22. The van der Waals surface area contributed by atoms with Gasteiger partial charge in [-0.3, -0.25) is 14.5 Å². The Kier molecular flexibility index (Phi) is 7.15. The van der Waals surface area contributed by atoms with Gasteiger partial charge in [-0.25, -0.2) is 0 Å². The number of hydrogen-bond donors (Lipinski definition) is 1. The van der Waals surface area contributed by atoms with E-state index in [1.165, 1.54) is 18.7 Å².